The molecule has 1 aromatic heterocycles. The summed E-state index contributed by atoms with van der Waals surface area (Å²) in [6, 6.07) is 52.2. The van der Waals surface area contributed by atoms with Crippen LogP contribution in [-0.2, 0) is 0 Å². The summed E-state index contributed by atoms with van der Waals surface area (Å²) in [5, 5.41) is 4.55. The van der Waals surface area contributed by atoms with Gasteiger partial charge in [-0.1, -0.05) is 127 Å². The van der Waals surface area contributed by atoms with E-state index in [4.69, 9.17) is 19.7 Å². The Morgan fingerprint density at radius 3 is 1.67 bits per heavy atom. The molecule has 0 aliphatic carbocycles. The first-order chi connectivity index (χ1) is 22.3. The van der Waals surface area contributed by atoms with E-state index < -0.39 is 0 Å². The largest absolute Gasteiger partial charge is 0.456 e. The lowest BCUT2D eigenvalue weighted by atomic mass is 9.90. The van der Waals surface area contributed by atoms with E-state index in [1.54, 1.807) is 0 Å². The van der Waals surface area contributed by atoms with Gasteiger partial charge in [0.1, 0.15) is 11.5 Å². The van der Waals surface area contributed by atoms with E-state index >= 15 is 0 Å². The molecule has 0 saturated heterocycles. The number of fused-ring (bicyclic) bond motifs is 3. The van der Waals surface area contributed by atoms with Crippen LogP contribution in [0.25, 0.3) is 78.0 Å². The average molecular weight is 576 g/mol. The van der Waals surface area contributed by atoms with Gasteiger partial charge >= 0.3 is 0 Å². The third kappa shape index (κ3) is 4.27. The highest BCUT2D eigenvalue weighted by atomic mass is 16.5. The van der Waals surface area contributed by atoms with Gasteiger partial charge in [0.05, 0.1) is 0 Å². The van der Waals surface area contributed by atoms with Crippen molar-refractivity contribution < 1.29 is 4.74 Å². The summed E-state index contributed by atoms with van der Waals surface area (Å²) in [6.45, 7) is 0. The first kappa shape index (κ1) is 25.4. The van der Waals surface area contributed by atoms with E-state index in [0.717, 1.165) is 61.0 Å². The van der Waals surface area contributed by atoms with E-state index in [1.165, 1.54) is 10.9 Å². The first-order valence-corrected chi connectivity index (χ1v) is 15.0. The Hall–Kier alpha value is -6.13. The second-order valence-corrected chi connectivity index (χ2v) is 11.2. The van der Waals surface area contributed by atoms with Crippen LogP contribution < -0.4 is 4.74 Å². The van der Waals surface area contributed by atoms with Crippen LogP contribution >= 0.6 is 0 Å². The number of hydrogen-bond acceptors (Lipinski definition) is 4. The molecule has 0 atom stereocenters. The van der Waals surface area contributed by atoms with Crippen molar-refractivity contribution in [3.05, 3.63) is 152 Å². The zero-order valence-electron chi connectivity index (χ0n) is 24.2. The first-order valence-electron chi connectivity index (χ1n) is 15.0. The van der Waals surface area contributed by atoms with E-state index in [0.29, 0.717) is 17.5 Å². The molecule has 9 rings (SSSR count). The third-order valence-electron chi connectivity index (χ3n) is 8.53. The van der Waals surface area contributed by atoms with Gasteiger partial charge in [-0.15, -0.1) is 0 Å². The van der Waals surface area contributed by atoms with Crippen LogP contribution in [0.15, 0.2) is 152 Å². The van der Waals surface area contributed by atoms with Crippen LogP contribution in [0.1, 0.15) is 0 Å². The van der Waals surface area contributed by atoms with Gasteiger partial charge < -0.3 is 4.74 Å². The Balaban J connectivity index is 1.22. The minimum Gasteiger partial charge on any atom is -0.456 e. The van der Waals surface area contributed by atoms with Gasteiger partial charge in [-0.2, -0.15) is 0 Å². The molecule has 45 heavy (non-hydrogen) atoms. The quantitative estimate of drug-likeness (QED) is 0.209. The monoisotopic (exact) mass is 575 g/mol. The minimum atomic E-state index is 0.646. The van der Waals surface area contributed by atoms with Gasteiger partial charge in [0, 0.05) is 27.6 Å². The van der Waals surface area contributed by atoms with Crippen molar-refractivity contribution in [2.45, 2.75) is 0 Å². The normalized spacial score (nSPS) is 11.7. The topological polar surface area (TPSA) is 47.9 Å². The molecule has 7 aromatic carbocycles. The standard InChI is InChI=1S/C41H25N3O/c1-3-11-27(12-4-1)39-42-40(28-13-5-2-6-14-28)44-41(43-39)34-23-22-30(31-17-7-8-18-32(31)34)29-21-24-36-35(25-29)33-19-9-15-26-16-10-20-37(45-36)38(26)33/h1-25H. The number of aromatic nitrogens is 3. The molecule has 0 fully saturated rings. The number of ether oxygens (including phenoxy) is 1. The fourth-order valence-electron chi connectivity index (χ4n) is 6.41. The van der Waals surface area contributed by atoms with Crippen molar-refractivity contribution in [1.29, 1.82) is 0 Å². The lowest BCUT2D eigenvalue weighted by Gasteiger charge is -2.22. The number of benzene rings is 7. The summed E-state index contributed by atoms with van der Waals surface area (Å²) in [5.74, 6) is 3.72. The molecule has 0 amide bonds. The molecule has 2 heterocycles. The average Bonchev–Trinajstić information content (AvgIpc) is 3.12. The van der Waals surface area contributed by atoms with E-state index in [-0.39, 0.29) is 0 Å². The Labute approximate surface area is 260 Å². The second-order valence-electron chi connectivity index (χ2n) is 11.2. The van der Waals surface area contributed by atoms with Crippen LogP contribution in [0, 0.1) is 0 Å². The van der Waals surface area contributed by atoms with E-state index in [9.17, 15) is 0 Å². The minimum absolute atomic E-state index is 0.646. The molecule has 0 radical (unpaired) electrons. The van der Waals surface area contributed by atoms with Crippen LogP contribution in [-0.4, -0.2) is 15.0 Å². The molecule has 0 saturated carbocycles. The number of rotatable bonds is 4. The summed E-state index contributed by atoms with van der Waals surface area (Å²) in [7, 11) is 0. The SMILES string of the molecule is c1ccc(-c2nc(-c3ccccc3)nc(-c3ccc(-c4ccc5c(c4)-c4cccc6cccc(c46)O5)c4ccccc34)n2)cc1. The highest BCUT2D eigenvalue weighted by Crippen LogP contribution is 2.48. The van der Waals surface area contributed by atoms with E-state index in [1.807, 2.05) is 72.8 Å². The molecule has 4 nitrogen and oxygen atoms in total. The van der Waals surface area contributed by atoms with Crippen molar-refractivity contribution in [3.8, 4) is 67.9 Å². The zero-order chi connectivity index (χ0) is 29.7. The van der Waals surface area contributed by atoms with Gasteiger partial charge in [0.25, 0.3) is 0 Å². The van der Waals surface area contributed by atoms with Gasteiger partial charge in [-0.05, 0) is 57.1 Å². The molecular formula is C41H25N3O. The van der Waals surface area contributed by atoms with Crippen molar-refractivity contribution in [2.24, 2.45) is 0 Å². The fourth-order valence-corrected chi connectivity index (χ4v) is 6.41. The van der Waals surface area contributed by atoms with Gasteiger partial charge in [0.2, 0.25) is 0 Å². The third-order valence-corrected chi connectivity index (χ3v) is 8.53. The molecule has 1 aliphatic heterocycles. The van der Waals surface area contributed by atoms with Crippen LogP contribution in [0.2, 0.25) is 0 Å². The van der Waals surface area contributed by atoms with E-state index in [2.05, 4.69) is 78.9 Å². The number of hydrogen-bond donors (Lipinski definition) is 0. The molecule has 0 N–H and O–H groups in total. The smallest absolute Gasteiger partial charge is 0.164 e. The molecule has 210 valence electrons. The molecule has 0 bridgehead atoms. The Kier molecular flexibility index (Phi) is 5.78. The summed E-state index contributed by atoms with van der Waals surface area (Å²) >= 11 is 0. The zero-order valence-corrected chi connectivity index (χ0v) is 24.2. The van der Waals surface area contributed by atoms with Crippen LogP contribution in [0.3, 0.4) is 0 Å². The Bertz CT molecular complexity index is 2340. The summed E-state index contributed by atoms with van der Waals surface area (Å²) < 4.78 is 6.38. The summed E-state index contributed by atoms with van der Waals surface area (Å²) in [6.07, 6.45) is 0. The highest BCUT2D eigenvalue weighted by Gasteiger charge is 2.21. The van der Waals surface area contributed by atoms with Gasteiger partial charge in [-0.3, -0.25) is 0 Å². The lowest BCUT2D eigenvalue weighted by Crippen LogP contribution is -2.00. The van der Waals surface area contributed by atoms with Gasteiger partial charge in [-0.25, -0.2) is 15.0 Å². The molecule has 0 unspecified atom stereocenters. The number of nitrogens with zero attached hydrogens (tertiary/aromatic N) is 3. The maximum Gasteiger partial charge on any atom is 0.164 e. The van der Waals surface area contributed by atoms with Crippen LogP contribution in [0.5, 0.6) is 11.5 Å². The predicted octanol–water partition coefficient (Wildman–Crippen LogP) is 10.6. The van der Waals surface area contributed by atoms with Gasteiger partial charge in [0.15, 0.2) is 17.5 Å². The maximum absolute atomic E-state index is 6.38. The Morgan fingerprint density at radius 2 is 0.956 bits per heavy atom. The van der Waals surface area contributed by atoms with Crippen molar-refractivity contribution >= 4 is 21.5 Å². The second kappa shape index (κ2) is 10.2. The van der Waals surface area contributed by atoms with Crippen LogP contribution in [0.4, 0.5) is 0 Å². The van der Waals surface area contributed by atoms with Crippen molar-refractivity contribution in [1.82, 2.24) is 15.0 Å². The lowest BCUT2D eigenvalue weighted by molar-refractivity contribution is 0.487. The van der Waals surface area contributed by atoms with Crippen molar-refractivity contribution in [2.75, 3.05) is 0 Å². The predicted molar refractivity (Wildman–Crippen MR) is 182 cm³/mol. The Morgan fingerprint density at radius 1 is 0.356 bits per heavy atom. The maximum atomic E-state index is 6.38. The fraction of sp³-hybridized carbons (Fsp3) is 0. The molecule has 4 heteroatoms. The van der Waals surface area contributed by atoms with Crippen molar-refractivity contribution in [3.63, 3.8) is 0 Å². The molecule has 0 spiro atoms. The summed E-state index contributed by atoms with van der Waals surface area (Å²) in [5.41, 5.74) is 7.43. The molecule has 8 aromatic rings. The molecular weight excluding hydrogens is 550 g/mol. The highest BCUT2D eigenvalue weighted by molar-refractivity contribution is 6.07. The molecule has 1 aliphatic rings. The summed E-state index contributed by atoms with van der Waals surface area (Å²) in [4.78, 5) is 14.9.